The molecule has 0 radical (unpaired) electrons. The van der Waals surface area contributed by atoms with Crippen molar-refractivity contribution in [3.05, 3.63) is 41.9 Å². The Hall–Kier alpha value is -3.67. The fourth-order valence-electron chi connectivity index (χ4n) is 2.75. The monoisotopic (exact) mass is 409 g/mol. The van der Waals surface area contributed by atoms with Crippen molar-refractivity contribution in [2.75, 3.05) is 6.79 Å². The number of carbonyl (C=O) groups excluding carboxylic acids is 2. The number of ether oxygens (including phenoxy) is 2. The molecule has 156 valence electrons. The number of carbonyl (C=O) groups is 2. The van der Waals surface area contributed by atoms with Gasteiger partial charge in [-0.25, -0.2) is 9.48 Å². The SMILES string of the molecule is CC(C)n1nc(C#N)c2cc(-n3cc(C(=O)OCOC(=O)C(C)(C)C)cn3)ccc21. The van der Waals surface area contributed by atoms with E-state index in [-0.39, 0.29) is 11.6 Å². The second-order valence-corrected chi connectivity index (χ2v) is 8.11. The van der Waals surface area contributed by atoms with Crippen molar-refractivity contribution in [1.82, 2.24) is 19.6 Å². The van der Waals surface area contributed by atoms with Crippen molar-refractivity contribution in [2.45, 2.75) is 40.7 Å². The standard InChI is InChI=1S/C21H23N5O4/c1-13(2)26-18-7-6-15(8-16(18)17(9-22)24-26)25-11-14(10-23-25)19(27)29-12-30-20(28)21(3,4)5/h6-8,10-11,13H,12H2,1-5H3. The minimum absolute atomic E-state index is 0.110. The molecule has 2 aromatic heterocycles. The van der Waals surface area contributed by atoms with Crippen molar-refractivity contribution in [1.29, 1.82) is 5.26 Å². The maximum atomic E-state index is 12.2. The highest BCUT2D eigenvalue weighted by Gasteiger charge is 2.23. The van der Waals surface area contributed by atoms with Gasteiger partial charge in [0.05, 0.1) is 28.4 Å². The molecule has 0 bridgehead atoms. The van der Waals surface area contributed by atoms with E-state index < -0.39 is 24.1 Å². The van der Waals surface area contributed by atoms with E-state index in [1.54, 1.807) is 31.5 Å². The lowest BCUT2D eigenvalue weighted by Gasteiger charge is -2.16. The summed E-state index contributed by atoms with van der Waals surface area (Å²) in [4.78, 5) is 23.9. The number of aromatic nitrogens is 4. The van der Waals surface area contributed by atoms with Gasteiger partial charge in [-0.3, -0.25) is 9.48 Å². The molecule has 0 unspecified atom stereocenters. The summed E-state index contributed by atoms with van der Waals surface area (Å²) >= 11 is 0. The van der Waals surface area contributed by atoms with E-state index in [9.17, 15) is 14.9 Å². The third-order valence-electron chi connectivity index (χ3n) is 4.36. The Morgan fingerprint density at radius 1 is 1.23 bits per heavy atom. The first-order valence-corrected chi connectivity index (χ1v) is 9.43. The summed E-state index contributed by atoms with van der Waals surface area (Å²) in [5.74, 6) is -1.12. The van der Waals surface area contributed by atoms with Gasteiger partial charge in [0, 0.05) is 17.6 Å². The third kappa shape index (κ3) is 4.17. The van der Waals surface area contributed by atoms with Crippen LogP contribution in [0.4, 0.5) is 0 Å². The number of esters is 2. The van der Waals surface area contributed by atoms with Crippen molar-refractivity contribution < 1.29 is 19.1 Å². The molecule has 0 amide bonds. The largest absolute Gasteiger partial charge is 0.427 e. The number of rotatable bonds is 5. The van der Waals surface area contributed by atoms with E-state index in [1.807, 2.05) is 26.0 Å². The predicted molar refractivity (Wildman–Crippen MR) is 108 cm³/mol. The number of nitrogens with zero attached hydrogens (tertiary/aromatic N) is 5. The first-order chi connectivity index (χ1) is 14.1. The van der Waals surface area contributed by atoms with Crippen LogP contribution >= 0.6 is 0 Å². The Bertz CT molecular complexity index is 1140. The molecule has 0 atom stereocenters. The molecule has 3 aromatic rings. The van der Waals surface area contributed by atoms with Crippen molar-refractivity contribution in [2.24, 2.45) is 5.41 Å². The van der Waals surface area contributed by atoms with Gasteiger partial charge >= 0.3 is 11.9 Å². The summed E-state index contributed by atoms with van der Waals surface area (Å²) in [6, 6.07) is 7.72. The van der Waals surface area contributed by atoms with Gasteiger partial charge in [0.25, 0.3) is 0 Å². The zero-order valence-electron chi connectivity index (χ0n) is 17.5. The molecule has 0 fully saturated rings. The van der Waals surface area contributed by atoms with Crippen LogP contribution in [0, 0.1) is 16.7 Å². The quantitative estimate of drug-likeness (QED) is 0.469. The molecule has 0 aliphatic heterocycles. The Morgan fingerprint density at radius 2 is 1.97 bits per heavy atom. The number of hydrogen-bond acceptors (Lipinski definition) is 7. The van der Waals surface area contributed by atoms with E-state index >= 15 is 0 Å². The maximum Gasteiger partial charge on any atom is 0.344 e. The summed E-state index contributed by atoms with van der Waals surface area (Å²) in [7, 11) is 0. The van der Waals surface area contributed by atoms with Crippen LogP contribution in [-0.2, 0) is 14.3 Å². The van der Waals surface area contributed by atoms with Crippen molar-refractivity contribution >= 4 is 22.8 Å². The summed E-state index contributed by atoms with van der Waals surface area (Å²) in [5, 5.41) is 18.6. The van der Waals surface area contributed by atoms with Crippen LogP contribution in [-0.4, -0.2) is 38.3 Å². The highest BCUT2D eigenvalue weighted by atomic mass is 16.7. The fraction of sp³-hybridized carbons (Fsp3) is 0.381. The first-order valence-electron chi connectivity index (χ1n) is 9.43. The summed E-state index contributed by atoms with van der Waals surface area (Å²) in [6.45, 7) is 8.64. The number of hydrogen-bond donors (Lipinski definition) is 0. The second kappa shape index (κ2) is 7.99. The van der Waals surface area contributed by atoms with E-state index in [0.717, 1.165) is 5.52 Å². The summed E-state index contributed by atoms with van der Waals surface area (Å²) in [5.41, 5.74) is 1.37. The molecule has 9 nitrogen and oxygen atoms in total. The van der Waals surface area contributed by atoms with Crippen LogP contribution in [0.25, 0.3) is 16.6 Å². The smallest absolute Gasteiger partial charge is 0.344 e. The average molecular weight is 409 g/mol. The minimum atomic E-state index is -0.679. The lowest BCUT2D eigenvalue weighted by Crippen LogP contribution is -2.24. The van der Waals surface area contributed by atoms with Gasteiger partial charge in [-0.15, -0.1) is 0 Å². The van der Waals surface area contributed by atoms with Gasteiger partial charge in [-0.05, 0) is 52.8 Å². The van der Waals surface area contributed by atoms with Crippen LogP contribution in [0.1, 0.15) is 56.7 Å². The molecule has 0 N–H and O–H groups in total. The van der Waals surface area contributed by atoms with Gasteiger partial charge in [0.15, 0.2) is 5.69 Å². The molecule has 3 rings (SSSR count). The highest BCUT2D eigenvalue weighted by molar-refractivity contribution is 5.89. The Morgan fingerprint density at radius 3 is 2.60 bits per heavy atom. The molecular formula is C21H23N5O4. The van der Waals surface area contributed by atoms with Crippen LogP contribution < -0.4 is 0 Å². The molecule has 0 saturated heterocycles. The maximum absolute atomic E-state index is 12.2. The summed E-state index contributed by atoms with van der Waals surface area (Å²) in [6.07, 6.45) is 2.87. The number of nitriles is 1. The van der Waals surface area contributed by atoms with Crippen molar-refractivity contribution in [3.8, 4) is 11.8 Å². The lowest BCUT2D eigenvalue weighted by molar-refractivity contribution is -0.161. The zero-order chi connectivity index (χ0) is 22.1. The van der Waals surface area contributed by atoms with Crippen LogP contribution in [0.15, 0.2) is 30.6 Å². The molecule has 9 heteroatoms. The van der Waals surface area contributed by atoms with Gasteiger partial charge in [0.2, 0.25) is 6.79 Å². The zero-order valence-corrected chi connectivity index (χ0v) is 17.5. The topological polar surface area (TPSA) is 112 Å². The van der Waals surface area contributed by atoms with Crippen LogP contribution in [0.5, 0.6) is 0 Å². The van der Waals surface area contributed by atoms with Crippen molar-refractivity contribution in [3.63, 3.8) is 0 Å². The molecule has 30 heavy (non-hydrogen) atoms. The lowest BCUT2D eigenvalue weighted by atomic mass is 9.98. The normalized spacial score (nSPS) is 11.5. The molecule has 0 saturated carbocycles. The molecule has 0 spiro atoms. The van der Waals surface area contributed by atoms with Gasteiger partial charge in [-0.1, -0.05) is 0 Å². The van der Waals surface area contributed by atoms with Gasteiger partial charge in [-0.2, -0.15) is 15.5 Å². The van der Waals surface area contributed by atoms with E-state index in [2.05, 4.69) is 16.3 Å². The van der Waals surface area contributed by atoms with Gasteiger partial charge in [0.1, 0.15) is 6.07 Å². The van der Waals surface area contributed by atoms with Crippen LogP contribution in [0.3, 0.4) is 0 Å². The molecular weight excluding hydrogens is 386 g/mol. The fourth-order valence-corrected chi connectivity index (χ4v) is 2.75. The highest BCUT2D eigenvalue weighted by Crippen LogP contribution is 2.24. The molecule has 2 heterocycles. The Kier molecular flexibility index (Phi) is 5.60. The molecule has 0 aliphatic carbocycles. The minimum Gasteiger partial charge on any atom is -0.427 e. The van der Waals surface area contributed by atoms with E-state index in [1.165, 1.54) is 17.1 Å². The average Bonchev–Trinajstić information content (AvgIpc) is 3.31. The predicted octanol–water partition coefficient (Wildman–Crippen LogP) is 3.38. The van der Waals surface area contributed by atoms with Crippen LogP contribution in [0.2, 0.25) is 0 Å². The summed E-state index contributed by atoms with van der Waals surface area (Å²) < 4.78 is 13.2. The third-order valence-corrected chi connectivity index (χ3v) is 4.36. The first kappa shape index (κ1) is 21.0. The Balaban J connectivity index is 1.77. The number of benzene rings is 1. The van der Waals surface area contributed by atoms with E-state index in [4.69, 9.17) is 9.47 Å². The van der Waals surface area contributed by atoms with E-state index in [0.29, 0.717) is 16.8 Å². The molecule has 0 aliphatic rings. The van der Waals surface area contributed by atoms with Gasteiger partial charge < -0.3 is 9.47 Å². The Labute approximate surface area is 173 Å². The second-order valence-electron chi connectivity index (χ2n) is 8.11. The molecule has 1 aromatic carbocycles. The number of fused-ring (bicyclic) bond motifs is 1.